The van der Waals surface area contributed by atoms with Crippen molar-refractivity contribution in [1.29, 1.82) is 0 Å². The van der Waals surface area contributed by atoms with E-state index in [1.54, 1.807) is 38.3 Å². The van der Waals surface area contributed by atoms with Crippen LogP contribution in [0.1, 0.15) is 38.8 Å². The van der Waals surface area contributed by atoms with Crippen LogP contribution in [0.5, 0.6) is 5.75 Å². The standard InChI is InChI=1S/C25H25NO4/c1-5-30-25(28)23-17(3)16(2)21(18-11-13-20(29-4)14-12-18)15-22(23)26-24(27)19-9-7-6-8-10-19/h6-15H,5H2,1-4H3,(H,26,27). The van der Waals surface area contributed by atoms with Crippen LogP contribution < -0.4 is 10.1 Å². The van der Waals surface area contributed by atoms with Gasteiger partial charge in [0.2, 0.25) is 0 Å². The Hall–Kier alpha value is -3.60. The number of esters is 1. The minimum Gasteiger partial charge on any atom is -0.497 e. The highest BCUT2D eigenvalue weighted by Gasteiger charge is 2.22. The average Bonchev–Trinajstić information content (AvgIpc) is 2.77. The molecule has 30 heavy (non-hydrogen) atoms. The summed E-state index contributed by atoms with van der Waals surface area (Å²) in [5.41, 5.74) is 4.91. The van der Waals surface area contributed by atoms with Gasteiger partial charge >= 0.3 is 5.97 Å². The molecule has 0 unspecified atom stereocenters. The lowest BCUT2D eigenvalue weighted by molar-refractivity contribution is 0.0526. The lowest BCUT2D eigenvalue weighted by Crippen LogP contribution is -2.18. The van der Waals surface area contributed by atoms with Crippen molar-refractivity contribution in [2.45, 2.75) is 20.8 Å². The highest BCUT2D eigenvalue weighted by atomic mass is 16.5. The second kappa shape index (κ2) is 9.27. The van der Waals surface area contributed by atoms with Crippen LogP contribution in [0, 0.1) is 13.8 Å². The molecule has 0 radical (unpaired) electrons. The predicted octanol–water partition coefficient (Wildman–Crippen LogP) is 5.41. The maximum Gasteiger partial charge on any atom is 0.340 e. The highest BCUT2D eigenvalue weighted by molar-refractivity contribution is 6.09. The van der Waals surface area contributed by atoms with Gasteiger partial charge in [-0.1, -0.05) is 30.3 Å². The Morgan fingerprint density at radius 1 is 0.933 bits per heavy atom. The number of nitrogens with one attached hydrogen (secondary N) is 1. The molecule has 0 spiro atoms. The molecular formula is C25H25NO4. The van der Waals surface area contributed by atoms with E-state index in [9.17, 15) is 9.59 Å². The second-order valence-electron chi connectivity index (χ2n) is 6.87. The first kappa shape index (κ1) is 21.1. The molecule has 0 heterocycles. The summed E-state index contributed by atoms with van der Waals surface area (Å²) < 4.78 is 10.5. The van der Waals surface area contributed by atoms with Crippen LogP contribution in [-0.4, -0.2) is 25.6 Å². The molecule has 5 heteroatoms. The number of methoxy groups -OCH3 is 1. The van der Waals surface area contributed by atoms with E-state index in [4.69, 9.17) is 9.47 Å². The average molecular weight is 403 g/mol. The van der Waals surface area contributed by atoms with Crippen molar-refractivity contribution in [3.63, 3.8) is 0 Å². The Balaban J connectivity index is 2.12. The van der Waals surface area contributed by atoms with Gasteiger partial charge in [0.25, 0.3) is 5.91 Å². The molecular weight excluding hydrogens is 378 g/mol. The van der Waals surface area contributed by atoms with Gasteiger partial charge in [0, 0.05) is 5.56 Å². The number of hydrogen-bond donors (Lipinski definition) is 1. The van der Waals surface area contributed by atoms with Crippen molar-refractivity contribution in [3.8, 4) is 16.9 Å². The third kappa shape index (κ3) is 4.35. The number of hydrogen-bond acceptors (Lipinski definition) is 4. The van der Waals surface area contributed by atoms with Gasteiger partial charge in [-0.15, -0.1) is 0 Å². The molecule has 0 fully saturated rings. The van der Waals surface area contributed by atoms with Crippen molar-refractivity contribution >= 4 is 17.6 Å². The summed E-state index contributed by atoms with van der Waals surface area (Å²) in [7, 11) is 1.62. The van der Waals surface area contributed by atoms with Gasteiger partial charge in [0.05, 0.1) is 25.0 Å². The number of rotatable bonds is 6. The number of amides is 1. The number of carbonyl (C=O) groups excluding carboxylic acids is 2. The maximum atomic E-state index is 12.8. The van der Waals surface area contributed by atoms with E-state index >= 15 is 0 Å². The number of ether oxygens (including phenoxy) is 2. The molecule has 0 aliphatic heterocycles. The van der Waals surface area contributed by atoms with Crippen LogP contribution in [0.2, 0.25) is 0 Å². The Kier molecular flexibility index (Phi) is 6.52. The summed E-state index contributed by atoms with van der Waals surface area (Å²) in [6, 6.07) is 18.4. The Bertz CT molecular complexity index is 1060. The molecule has 0 atom stereocenters. The van der Waals surface area contributed by atoms with E-state index in [-0.39, 0.29) is 12.5 Å². The molecule has 0 aliphatic rings. The zero-order valence-electron chi connectivity index (χ0n) is 17.6. The van der Waals surface area contributed by atoms with E-state index in [1.807, 2.05) is 50.2 Å². The lowest BCUT2D eigenvalue weighted by atomic mass is 9.92. The number of benzene rings is 3. The molecule has 1 amide bonds. The summed E-state index contributed by atoms with van der Waals surface area (Å²) in [5, 5.41) is 2.90. The van der Waals surface area contributed by atoms with E-state index < -0.39 is 5.97 Å². The predicted molar refractivity (Wildman–Crippen MR) is 118 cm³/mol. The summed E-state index contributed by atoms with van der Waals surface area (Å²) >= 11 is 0. The number of carbonyl (C=O) groups is 2. The van der Waals surface area contributed by atoms with Crippen LogP contribution in [0.25, 0.3) is 11.1 Å². The molecule has 0 aliphatic carbocycles. The zero-order valence-corrected chi connectivity index (χ0v) is 17.6. The van der Waals surface area contributed by atoms with Crippen molar-refractivity contribution in [2.24, 2.45) is 0 Å². The highest BCUT2D eigenvalue weighted by Crippen LogP contribution is 2.34. The molecule has 154 valence electrons. The van der Waals surface area contributed by atoms with Crippen LogP contribution in [0.4, 0.5) is 5.69 Å². The van der Waals surface area contributed by atoms with Crippen molar-refractivity contribution in [1.82, 2.24) is 0 Å². The van der Waals surface area contributed by atoms with Crippen molar-refractivity contribution in [2.75, 3.05) is 19.0 Å². The Morgan fingerprint density at radius 2 is 1.60 bits per heavy atom. The fraction of sp³-hybridized carbons (Fsp3) is 0.200. The van der Waals surface area contributed by atoms with Crippen LogP contribution in [0.3, 0.4) is 0 Å². The van der Waals surface area contributed by atoms with Crippen LogP contribution in [-0.2, 0) is 4.74 Å². The second-order valence-corrected chi connectivity index (χ2v) is 6.87. The molecule has 5 nitrogen and oxygen atoms in total. The van der Waals surface area contributed by atoms with Crippen molar-refractivity contribution in [3.05, 3.63) is 82.9 Å². The molecule has 0 saturated carbocycles. The SMILES string of the molecule is CCOC(=O)c1c(NC(=O)c2ccccc2)cc(-c2ccc(OC)cc2)c(C)c1C. The zero-order chi connectivity index (χ0) is 21.7. The Morgan fingerprint density at radius 3 is 2.20 bits per heavy atom. The fourth-order valence-corrected chi connectivity index (χ4v) is 3.34. The smallest absolute Gasteiger partial charge is 0.340 e. The summed E-state index contributed by atoms with van der Waals surface area (Å²) in [6.07, 6.45) is 0. The minimum absolute atomic E-state index is 0.254. The first-order valence-corrected chi connectivity index (χ1v) is 9.78. The molecule has 0 bridgehead atoms. The summed E-state index contributed by atoms with van der Waals surface area (Å²) in [5.74, 6) is 0.0155. The van der Waals surface area contributed by atoms with E-state index in [0.29, 0.717) is 16.8 Å². The molecule has 0 aromatic heterocycles. The Labute approximate surface area is 176 Å². The van der Waals surface area contributed by atoms with E-state index in [0.717, 1.165) is 28.0 Å². The summed E-state index contributed by atoms with van der Waals surface area (Å²) in [4.78, 5) is 25.5. The molecule has 0 saturated heterocycles. The van der Waals surface area contributed by atoms with Crippen LogP contribution in [0.15, 0.2) is 60.7 Å². The monoisotopic (exact) mass is 403 g/mol. The molecule has 1 N–H and O–H groups in total. The molecule has 3 rings (SSSR count). The van der Waals surface area contributed by atoms with Gasteiger partial charge < -0.3 is 14.8 Å². The third-order valence-corrected chi connectivity index (χ3v) is 5.06. The summed E-state index contributed by atoms with van der Waals surface area (Å²) in [6.45, 7) is 5.84. The molecule has 3 aromatic rings. The minimum atomic E-state index is -0.456. The third-order valence-electron chi connectivity index (χ3n) is 5.06. The van der Waals surface area contributed by atoms with E-state index in [2.05, 4.69) is 5.32 Å². The largest absolute Gasteiger partial charge is 0.497 e. The van der Waals surface area contributed by atoms with Gasteiger partial charge in [-0.3, -0.25) is 4.79 Å². The maximum absolute atomic E-state index is 12.8. The first-order chi connectivity index (χ1) is 14.5. The first-order valence-electron chi connectivity index (χ1n) is 9.78. The van der Waals surface area contributed by atoms with E-state index in [1.165, 1.54) is 0 Å². The number of anilines is 1. The van der Waals surface area contributed by atoms with Gasteiger partial charge in [0.1, 0.15) is 5.75 Å². The fourth-order valence-electron chi connectivity index (χ4n) is 3.34. The quantitative estimate of drug-likeness (QED) is 0.559. The lowest BCUT2D eigenvalue weighted by Gasteiger charge is -2.19. The normalized spacial score (nSPS) is 10.4. The van der Waals surface area contributed by atoms with Gasteiger partial charge in [-0.25, -0.2) is 4.79 Å². The van der Waals surface area contributed by atoms with Gasteiger partial charge in [-0.05, 0) is 73.4 Å². The van der Waals surface area contributed by atoms with Crippen LogP contribution >= 0.6 is 0 Å². The van der Waals surface area contributed by atoms with Crippen molar-refractivity contribution < 1.29 is 19.1 Å². The van der Waals surface area contributed by atoms with Gasteiger partial charge in [0.15, 0.2) is 0 Å². The molecule has 3 aromatic carbocycles. The topological polar surface area (TPSA) is 64.6 Å². The van der Waals surface area contributed by atoms with Gasteiger partial charge in [-0.2, -0.15) is 0 Å².